The van der Waals surface area contributed by atoms with E-state index in [1.807, 2.05) is 18.0 Å². The molecule has 20 heavy (non-hydrogen) atoms. The molecule has 0 bridgehead atoms. The highest BCUT2D eigenvalue weighted by Crippen LogP contribution is 2.13. The molecule has 0 atom stereocenters. The molecule has 1 aromatic rings. The van der Waals surface area contributed by atoms with E-state index in [0.29, 0.717) is 18.7 Å². The molecule has 0 aliphatic rings. The predicted molar refractivity (Wildman–Crippen MR) is 77.2 cm³/mol. The number of sulfone groups is 1. The minimum absolute atomic E-state index is 0.0470. The van der Waals surface area contributed by atoms with E-state index in [2.05, 4.69) is 0 Å². The van der Waals surface area contributed by atoms with Crippen LogP contribution in [0.1, 0.15) is 12.0 Å². The summed E-state index contributed by atoms with van der Waals surface area (Å²) in [4.78, 5) is 2.17. The fourth-order valence-corrected chi connectivity index (χ4v) is 3.12. The van der Waals surface area contributed by atoms with Gasteiger partial charge in [-0.3, -0.25) is 0 Å². The quantitative estimate of drug-likeness (QED) is 0.676. The summed E-state index contributed by atoms with van der Waals surface area (Å²) in [7, 11) is 0.189. The minimum atomic E-state index is -3.34. The van der Waals surface area contributed by atoms with Crippen molar-refractivity contribution in [2.24, 2.45) is 0 Å². The van der Waals surface area contributed by atoms with Gasteiger partial charge in [-0.15, -0.1) is 0 Å². The van der Waals surface area contributed by atoms with Crippen LogP contribution in [-0.2, 0) is 14.6 Å². The molecule has 5 nitrogen and oxygen atoms in total. The molecule has 1 rings (SSSR count). The molecule has 0 heterocycles. The lowest BCUT2D eigenvalue weighted by molar-refractivity contribution is 0.181. The monoisotopic (exact) mass is 296 g/mol. The zero-order chi connectivity index (χ0) is 15.0. The van der Waals surface area contributed by atoms with E-state index < -0.39 is 9.84 Å². The molecule has 0 amide bonds. The average molecular weight is 296 g/mol. The summed E-state index contributed by atoms with van der Waals surface area (Å²) in [5, 5.41) is 8.80. The highest BCUT2D eigenvalue weighted by Gasteiger charge is 2.15. The molecule has 0 aliphatic carbocycles. The molecule has 0 N–H and O–H groups in total. The van der Waals surface area contributed by atoms with Crippen LogP contribution in [0.2, 0.25) is 0 Å². The van der Waals surface area contributed by atoms with E-state index >= 15 is 0 Å². The smallest absolute Gasteiger partial charge is 0.179 e. The number of hydrogen-bond donors (Lipinski definition) is 0. The number of ether oxygens (including phenoxy) is 1. The number of benzene rings is 1. The number of rotatable bonds is 8. The summed E-state index contributed by atoms with van der Waals surface area (Å²) in [5.41, 5.74) is 0.361. The van der Waals surface area contributed by atoms with Gasteiger partial charge in [-0.25, -0.2) is 8.42 Å². The van der Waals surface area contributed by atoms with Crippen molar-refractivity contribution in [3.8, 4) is 6.07 Å². The Bertz CT molecular complexity index is 564. The van der Waals surface area contributed by atoms with Gasteiger partial charge in [-0.2, -0.15) is 5.26 Å². The van der Waals surface area contributed by atoms with Crippen molar-refractivity contribution < 1.29 is 13.2 Å². The van der Waals surface area contributed by atoms with Crippen LogP contribution in [0.3, 0.4) is 0 Å². The fourth-order valence-electron chi connectivity index (χ4n) is 1.74. The molecule has 0 saturated heterocycles. The number of nitriles is 1. The van der Waals surface area contributed by atoms with Crippen LogP contribution < -0.4 is 0 Å². The topological polar surface area (TPSA) is 70.4 Å². The maximum absolute atomic E-state index is 12.2. The second kappa shape index (κ2) is 8.00. The van der Waals surface area contributed by atoms with Gasteiger partial charge in [-0.05, 0) is 31.7 Å². The first kappa shape index (κ1) is 16.6. The third-order valence-corrected chi connectivity index (χ3v) is 4.64. The van der Waals surface area contributed by atoms with Gasteiger partial charge in [0.1, 0.15) is 0 Å². The highest BCUT2D eigenvalue weighted by atomic mass is 32.2. The summed E-state index contributed by atoms with van der Waals surface area (Å²) in [6.45, 7) is 1.92. The van der Waals surface area contributed by atoms with E-state index in [-0.39, 0.29) is 10.6 Å². The fraction of sp³-hybridized carbons (Fsp3) is 0.500. The van der Waals surface area contributed by atoms with Crippen LogP contribution >= 0.6 is 0 Å². The van der Waals surface area contributed by atoms with Gasteiger partial charge in [0.2, 0.25) is 0 Å². The Morgan fingerprint density at radius 1 is 1.35 bits per heavy atom. The normalized spacial score (nSPS) is 11.5. The lowest BCUT2D eigenvalue weighted by atomic mass is 10.2. The Hall–Kier alpha value is -1.42. The SMILES string of the molecule is COCCCN(C)CCS(=O)(=O)c1cccc(C#N)c1. The summed E-state index contributed by atoms with van der Waals surface area (Å²) in [6, 6.07) is 8.08. The zero-order valence-corrected chi connectivity index (χ0v) is 12.7. The van der Waals surface area contributed by atoms with Crippen LogP contribution in [0.4, 0.5) is 0 Å². The standard InChI is InChI=1S/C14H20N2O3S/c1-16(7-4-9-19-2)8-10-20(17,18)14-6-3-5-13(11-14)12-15/h3,5-6,11H,4,7-10H2,1-2H3. The molecular formula is C14H20N2O3S. The zero-order valence-electron chi connectivity index (χ0n) is 11.9. The number of nitrogens with zero attached hydrogens (tertiary/aromatic N) is 2. The van der Waals surface area contributed by atoms with Crippen LogP contribution in [0, 0.1) is 11.3 Å². The van der Waals surface area contributed by atoms with Crippen molar-refractivity contribution >= 4 is 9.84 Å². The van der Waals surface area contributed by atoms with E-state index in [1.165, 1.54) is 12.1 Å². The van der Waals surface area contributed by atoms with Crippen LogP contribution in [0.15, 0.2) is 29.2 Å². The van der Waals surface area contributed by atoms with Crippen molar-refractivity contribution in [1.29, 1.82) is 5.26 Å². The third-order valence-electron chi connectivity index (χ3n) is 2.95. The van der Waals surface area contributed by atoms with Crippen LogP contribution in [-0.4, -0.2) is 52.9 Å². The van der Waals surface area contributed by atoms with Gasteiger partial charge in [-0.1, -0.05) is 6.07 Å². The maximum atomic E-state index is 12.2. The summed E-state index contributed by atoms with van der Waals surface area (Å²) < 4.78 is 29.3. The number of hydrogen-bond acceptors (Lipinski definition) is 5. The van der Waals surface area contributed by atoms with E-state index in [9.17, 15) is 8.42 Å². The largest absolute Gasteiger partial charge is 0.385 e. The van der Waals surface area contributed by atoms with E-state index in [0.717, 1.165) is 13.0 Å². The molecular weight excluding hydrogens is 276 g/mol. The van der Waals surface area contributed by atoms with Crippen LogP contribution in [0.5, 0.6) is 0 Å². The molecule has 6 heteroatoms. The Morgan fingerprint density at radius 2 is 2.10 bits per heavy atom. The molecule has 0 spiro atoms. The molecule has 0 aliphatic heterocycles. The lowest BCUT2D eigenvalue weighted by Crippen LogP contribution is -2.27. The minimum Gasteiger partial charge on any atom is -0.385 e. The molecule has 1 aromatic carbocycles. The van der Waals surface area contributed by atoms with Gasteiger partial charge >= 0.3 is 0 Å². The third kappa shape index (κ3) is 5.29. The lowest BCUT2D eigenvalue weighted by Gasteiger charge is -2.16. The Kier molecular flexibility index (Phi) is 6.65. The van der Waals surface area contributed by atoms with Crippen molar-refractivity contribution in [3.63, 3.8) is 0 Å². The highest BCUT2D eigenvalue weighted by molar-refractivity contribution is 7.91. The molecule has 0 saturated carbocycles. The molecule has 0 aromatic heterocycles. The Labute approximate surface area is 120 Å². The van der Waals surface area contributed by atoms with Gasteiger partial charge in [0, 0.05) is 26.8 Å². The van der Waals surface area contributed by atoms with Gasteiger partial charge in [0.25, 0.3) is 0 Å². The van der Waals surface area contributed by atoms with E-state index in [4.69, 9.17) is 10.00 Å². The summed E-state index contributed by atoms with van der Waals surface area (Å²) in [5.74, 6) is 0.0470. The molecule has 0 fully saturated rings. The van der Waals surface area contributed by atoms with Crippen molar-refractivity contribution in [2.75, 3.05) is 39.6 Å². The molecule has 0 unspecified atom stereocenters. The first-order chi connectivity index (χ1) is 9.49. The molecule has 0 radical (unpaired) electrons. The summed E-state index contributed by atoms with van der Waals surface area (Å²) >= 11 is 0. The second-order valence-electron chi connectivity index (χ2n) is 4.61. The van der Waals surface area contributed by atoms with Gasteiger partial charge < -0.3 is 9.64 Å². The predicted octanol–water partition coefficient (Wildman–Crippen LogP) is 1.30. The Morgan fingerprint density at radius 3 is 2.75 bits per heavy atom. The van der Waals surface area contributed by atoms with Gasteiger partial charge in [0.05, 0.1) is 22.3 Å². The Balaban J connectivity index is 2.59. The van der Waals surface area contributed by atoms with Crippen molar-refractivity contribution in [2.45, 2.75) is 11.3 Å². The van der Waals surface area contributed by atoms with E-state index in [1.54, 1.807) is 19.2 Å². The van der Waals surface area contributed by atoms with Gasteiger partial charge in [0.15, 0.2) is 9.84 Å². The molecule has 110 valence electrons. The second-order valence-corrected chi connectivity index (χ2v) is 6.72. The first-order valence-corrected chi connectivity index (χ1v) is 8.05. The van der Waals surface area contributed by atoms with Crippen LogP contribution in [0.25, 0.3) is 0 Å². The number of methoxy groups -OCH3 is 1. The first-order valence-electron chi connectivity index (χ1n) is 6.40. The maximum Gasteiger partial charge on any atom is 0.179 e. The summed E-state index contributed by atoms with van der Waals surface area (Å²) in [6.07, 6.45) is 0.872. The average Bonchev–Trinajstić information content (AvgIpc) is 2.45. The van der Waals surface area contributed by atoms with Crippen molar-refractivity contribution in [3.05, 3.63) is 29.8 Å². The van der Waals surface area contributed by atoms with Crippen molar-refractivity contribution in [1.82, 2.24) is 4.90 Å².